The third kappa shape index (κ3) is 3.08. The highest BCUT2D eigenvalue weighted by molar-refractivity contribution is 6.19. The van der Waals surface area contributed by atoms with Crippen LogP contribution in [-0.2, 0) is 10.8 Å². The molecule has 0 fully saturated rings. The third-order valence-electron chi connectivity index (χ3n) is 11.1. The summed E-state index contributed by atoms with van der Waals surface area (Å²) in [6.07, 6.45) is 0. The zero-order chi connectivity index (χ0) is 30.2. The Kier molecular flexibility index (Phi) is 4.66. The molecular weight excluding hydrogens is 544 g/mol. The van der Waals surface area contributed by atoms with Crippen LogP contribution >= 0.6 is 0 Å². The van der Waals surface area contributed by atoms with Crippen molar-refractivity contribution in [3.05, 3.63) is 144 Å². The highest BCUT2D eigenvalue weighted by Crippen LogP contribution is 2.56. The minimum Gasteiger partial charge on any atom is -0.455 e. The van der Waals surface area contributed by atoms with Crippen molar-refractivity contribution < 1.29 is 4.42 Å². The van der Waals surface area contributed by atoms with E-state index in [1.54, 1.807) is 0 Å². The number of fused-ring (bicyclic) bond motifs is 14. The van der Waals surface area contributed by atoms with Gasteiger partial charge < -0.3 is 4.42 Å². The minimum absolute atomic E-state index is 0.00419. The van der Waals surface area contributed by atoms with E-state index >= 15 is 0 Å². The molecule has 10 rings (SSSR count). The predicted octanol–water partition coefficient (Wildman–Crippen LogP) is 12.2. The first kappa shape index (κ1) is 25.2. The van der Waals surface area contributed by atoms with Gasteiger partial charge in [-0.05, 0) is 90.0 Å². The molecule has 0 saturated heterocycles. The molecule has 0 saturated carbocycles. The molecule has 0 unspecified atom stereocenters. The number of hydrogen-bond acceptors (Lipinski definition) is 1. The fourth-order valence-electron chi connectivity index (χ4n) is 8.81. The standard InChI is InChI=1S/C44H32O/c1-43(2)34-14-8-7-12-31(34)39-29-21-23-36-40(30(29)20-22-35(39)43)32-18-17-26(24-37(32)44(36,3)4)27-13-9-15-38-41(27)33-19-16-25-10-5-6-11-28(25)42(33)45-38/h5-24H,1-4H3. The van der Waals surface area contributed by atoms with Gasteiger partial charge in [0.15, 0.2) is 0 Å². The van der Waals surface area contributed by atoms with Gasteiger partial charge in [0.25, 0.3) is 0 Å². The maximum atomic E-state index is 6.54. The van der Waals surface area contributed by atoms with E-state index in [-0.39, 0.29) is 10.8 Å². The molecule has 0 amide bonds. The van der Waals surface area contributed by atoms with Gasteiger partial charge in [0.05, 0.1) is 0 Å². The van der Waals surface area contributed by atoms with E-state index < -0.39 is 0 Å². The molecule has 0 aliphatic heterocycles. The molecule has 1 nitrogen and oxygen atoms in total. The third-order valence-corrected chi connectivity index (χ3v) is 11.1. The van der Waals surface area contributed by atoms with Crippen molar-refractivity contribution in [2.45, 2.75) is 38.5 Å². The number of furan rings is 1. The van der Waals surface area contributed by atoms with Gasteiger partial charge in [-0.3, -0.25) is 0 Å². The van der Waals surface area contributed by atoms with Crippen molar-refractivity contribution in [2.24, 2.45) is 0 Å². The van der Waals surface area contributed by atoms with Crippen LogP contribution in [0.25, 0.3) is 76.9 Å². The highest BCUT2D eigenvalue weighted by atomic mass is 16.3. The predicted molar refractivity (Wildman–Crippen MR) is 189 cm³/mol. The molecule has 1 heteroatoms. The largest absolute Gasteiger partial charge is 0.455 e. The van der Waals surface area contributed by atoms with Crippen LogP contribution in [0, 0.1) is 0 Å². The average molecular weight is 577 g/mol. The summed E-state index contributed by atoms with van der Waals surface area (Å²) < 4.78 is 6.54. The van der Waals surface area contributed by atoms with E-state index in [2.05, 4.69) is 149 Å². The molecule has 0 bridgehead atoms. The Labute approximate surface area is 262 Å². The van der Waals surface area contributed by atoms with Crippen LogP contribution in [-0.4, -0.2) is 0 Å². The maximum absolute atomic E-state index is 6.54. The first-order valence-corrected chi connectivity index (χ1v) is 16.0. The van der Waals surface area contributed by atoms with Gasteiger partial charge in [-0.15, -0.1) is 0 Å². The number of benzene rings is 7. The molecule has 1 heterocycles. The van der Waals surface area contributed by atoms with Gasteiger partial charge >= 0.3 is 0 Å². The van der Waals surface area contributed by atoms with E-state index in [9.17, 15) is 0 Å². The molecule has 0 spiro atoms. The summed E-state index contributed by atoms with van der Waals surface area (Å²) in [5.74, 6) is 0. The molecule has 2 aliphatic carbocycles. The molecule has 0 N–H and O–H groups in total. The van der Waals surface area contributed by atoms with Gasteiger partial charge in [-0.2, -0.15) is 0 Å². The van der Waals surface area contributed by atoms with Gasteiger partial charge in [0.2, 0.25) is 0 Å². The van der Waals surface area contributed by atoms with Gasteiger partial charge in [0.1, 0.15) is 11.2 Å². The quantitative estimate of drug-likeness (QED) is 0.189. The SMILES string of the molecule is CC1(C)c2ccccc2-c2c1ccc1c3c(ccc21)C(C)(C)c1cc(-c2cccc4oc5c6ccccc6ccc5c24)ccc1-3. The maximum Gasteiger partial charge on any atom is 0.143 e. The van der Waals surface area contributed by atoms with Crippen molar-refractivity contribution >= 4 is 43.5 Å². The monoisotopic (exact) mass is 576 g/mol. The Balaban J connectivity index is 1.20. The summed E-state index contributed by atoms with van der Waals surface area (Å²) in [6, 6.07) is 45.1. The summed E-state index contributed by atoms with van der Waals surface area (Å²) in [5, 5.41) is 7.44. The van der Waals surface area contributed by atoms with Gasteiger partial charge in [-0.1, -0.05) is 131 Å². The van der Waals surface area contributed by atoms with Crippen molar-refractivity contribution in [3.8, 4) is 33.4 Å². The fraction of sp³-hybridized carbons (Fsp3) is 0.136. The van der Waals surface area contributed by atoms with Crippen LogP contribution in [0.3, 0.4) is 0 Å². The van der Waals surface area contributed by atoms with E-state index in [1.165, 1.54) is 82.6 Å². The number of rotatable bonds is 1. The minimum atomic E-state index is -0.117. The lowest BCUT2D eigenvalue weighted by molar-refractivity contribution is 0.660. The molecule has 45 heavy (non-hydrogen) atoms. The van der Waals surface area contributed by atoms with Gasteiger partial charge in [-0.25, -0.2) is 0 Å². The topological polar surface area (TPSA) is 13.1 Å². The van der Waals surface area contributed by atoms with Crippen LogP contribution < -0.4 is 0 Å². The second-order valence-electron chi connectivity index (χ2n) is 14.1. The first-order valence-electron chi connectivity index (χ1n) is 16.0. The van der Waals surface area contributed by atoms with Crippen molar-refractivity contribution in [3.63, 3.8) is 0 Å². The molecule has 8 aromatic rings. The zero-order valence-corrected chi connectivity index (χ0v) is 26.0. The Bertz CT molecular complexity index is 2590. The van der Waals surface area contributed by atoms with E-state index in [0.717, 1.165) is 16.6 Å². The summed E-state index contributed by atoms with van der Waals surface area (Å²) in [4.78, 5) is 0. The lowest BCUT2D eigenvalue weighted by atomic mass is 9.80. The average Bonchev–Trinajstić information content (AvgIpc) is 3.64. The highest BCUT2D eigenvalue weighted by Gasteiger charge is 2.40. The summed E-state index contributed by atoms with van der Waals surface area (Å²) in [6.45, 7) is 9.50. The van der Waals surface area contributed by atoms with Crippen LogP contribution in [0.2, 0.25) is 0 Å². The van der Waals surface area contributed by atoms with Crippen molar-refractivity contribution in [1.82, 2.24) is 0 Å². The Morgan fingerprint density at radius 2 is 1.09 bits per heavy atom. The number of hydrogen-bond donors (Lipinski definition) is 0. The molecule has 0 radical (unpaired) electrons. The smallest absolute Gasteiger partial charge is 0.143 e. The Morgan fingerprint density at radius 1 is 0.444 bits per heavy atom. The normalized spacial score (nSPS) is 15.5. The van der Waals surface area contributed by atoms with Gasteiger partial charge in [0, 0.05) is 27.0 Å². The van der Waals surface area contributed by atoms with Crippen LogP contribution in [0.1, 0.15) is 49.9 Å². The van der Waals surface area contributed by atoms with Crippen LogP contribution in [0.4, 0.5) is 0 Å². The first-order chi connectivity index (χ1) is 21.8. The fourth-order valence-corrected chi connectivity index (χ4v) is 8.81. The molecule has 2 aliphatic rings. The van der Waals surface area contributed by atoms with E-state index in [1.807, 2.05) is 0 Å². The van der Waals surface area contributed by atoms with E-state index in [0.29, 0.717) is 0 Å². The van der Waals surface area contributed by atoms with Crippen molar-refractivity contribution in [1.29, 1.82) is 0 Å². The second kappa shape index (κ2) is 8.31. The molecule has 214 valence electrons. The van der Waals surface area contributed by atoms with Crippen LogP contribution in [0.15, 0.2) is 126 Å². The van der Waals surface area contributed by atoms with Crippen LogP contribution in [0.5, 0.6) is 0 Å². The molecule has 7 aromatic carbocycles. The Hall–Kier alpha value is -5.14. The lowest BCUT2D eigenvalue weighted by Gasteiger charge is -2.23. The summed E-state index contributed by atoms with van der Waals surface area (Å²) >= 11 is 0. The zero-order valence-electron chi connectivity index (χ0n) is 26.0. The molecule has 1 aromatic heterocycles. The molecule has 0 atom stereocenters. The second-order valence-corrected chi connectivity index (χ2v) is 14.1. The van der Waals surface area contributed by atoms with E-state index in [4.69, 9.17) is 4.42 Å². The molecular formula is C44H32O. The lowest BCUT2D eigenvalue weighted by Crippen LogP contribution is -2.15. The summed E-state index contributed by atoms with van der Waals surface area (Å²) in [7, 11) is 0. The van der Waals surface area contributed by atoms with Crippen molar-refractivity contribution in [2.75, 3.05) is 0 Å². The Morgan fingerprint density at radius 3 is 1.89 bits per heavy atom. The summed E-state index contributed by atoms with van der Waals surface area (Å²) in [5.41, 5.74) is 15.4.